The van der Waals surface area contributed by atoms with E-state index >= 15 is 0 Å². The first kappa shape index (κ1) is 14.2. The van der Waals surface area contributed by atoms with Gasteiger partial charge in [0.15, 0.2) is 5.78 Å². The number of carbonyl (C=O) groups excluding carboxylic acids is 1. The lowest BCUT2D eigenvalue weighted by molar-refractivity contribution is -0.112. The topological polar surface area (TPSA) is 37.3 Å². The van der Waals surface area contributed by atoms with Crippen LogP contribution < -0.4 is 0 Å². The minimum Gasteiger partial charge on any atom is -0.388 e. The van der Waals surface area contributed by atoms with Gasteiger partial charge in [0.05, 0.1) is 5.60 Å². The minimum atomic E-state index is -0.728. The lowest BCUT2D eigenvalue weighted by Crippen LogP contribution is -2.52. The smallest absolute Gasteiger partial charge is 0.152 e. The Balaban J connectivity index is 3.01. The third-order valence-electron chi connectivity index (χ3n) is 3.67. The molecule has 2 nitrogen and oxygen atoms in total. The van der Waals surface area contributed by atoms with Gasteiger partial charge < -0.3 is 5.11 Å². The average molecular weight is 336 g/mol. The van der Waals surface area contributed by atoms with Crippen molar-refractivity contribution in [2.24, 2.45) is 11.3 Å². The molecule has 0 amide bonds. The molecular formula is C13H21IO2. The summed E-state index contributed by atoms with van der Waals surface area (Å²) in [6, 6.07) is 0. The molecule has 0 heterocycles. The van der Waals surface area contributed by atoms with Crippen LogP contribution in [0.25, 0.3) is 0 Å². The zero-order valence-electron chi connectivity index (χ0n) is 10.5. The van der Waals surface area contributed by atoms with E-state index < -0.39 is 5.60 Å². The number of ketones is 1. The molecule has 0 aromatic heterocycles. The Bertz CT molecular complexity index is 305. The van der Waals surface area contributed by atoms with Crippen LogP contribution in [0.2, 0.25) is 0 Å². The quantitative estimate of drug-likeness (QED) is 0.478. The number of carbonyl (C=O) groups is 1. The van der Waals surface area contributed by atoms with Gasteiger partial charge in [-0.15, -0.1) is 0 Å². The van der Waals surface area contributed by atoms with Gasteiger partial charge in [0, 0.05) is 9.84 Å². The Kier molecular flexibility index (Phi) is 4.22. The standard InChI is InChI=1S/C13H21IO2/c1-9(15)5-6-10-12(2,3)8-7-11(14)13(10,4)16/h5-6,10-11,16H,7-8H2,1-4H3/b6-5+. The Hall–Kier alpha value is 0.1000. The van der Waals surface area contributed by atoms with Crippen LogP contribution in [0.3, 0.4) is 0 Å². The zero-order chi connectivity index (χ0) is 12.6. The molecule has 0 aromatic rings. The summed E-state index contributed by atoms with van der Waals surface area (Å²) in [5, 5.41) is 10.6. The van der Waals surface area contributed by atoms with Gasteiger partial charge in [-0.25, -0.2) is 0 Å². The van der Waals surface area contributed by atoms with Crippen molar-refractivity contribution in [1.82, 2.24) is 0 Å². The molecule has 16 heavy (non-hydrogen) atoms. The molecule has 92 valence electrons. The highest BCUT2D eigenvalue weighted by Crippen LogP contribution is 2.49. The first-order chi connectivity index (χ1) is 7.18. The van der Waals surface area contributed by atoms with Crippen LogP contribution in [0.5, 0.6) is 0 Å². The molecule has 0 bridgehead atoms. The summed E-state index contributed by atoms with van der Waals surface area (Å²) in [7, 11) is 0. The maximum Gasteiger partial charge on any atom is 0.152 e. The van der Waals surface area contributed by atoms with Crippen molar-refractivity contribution in [2.75, 3.05) is 0 Å². The summed E-state index contributed by atoms with van der Waals surface area (Å²) in [6.45, 7) is 7.76. The second kappa shape index (κ2) is 4.77. The maximum absolute atomic E-state index is 11.0. The van der Waals surface area contributed by atoms with Crippen LogP contribution in [0.15, 0.2) is 12.2 Å². The Labute approximate surface area is 112 Å². The van der Waals surface area contributed by atoms with Gasteiger partial charge in [-0.05, 0) is 38.2 Å². The van der Waals surface area contributed by atoms with Gasteiger partial charge in [0.2, 0.25) is 0 Å². The molecule has 1 aliphatic carbocycles. The number of allylic oxidation sites excluding steroid dienone is 1. The normalized spacial score (nSPS) is 38.9. The highest BCUT2D eigenvalue weighted by atomic mass is 127. The molecule has 0 radical (unpaired) electrons. The van der Waals surface area contributed by atoms with Gasteiger partial charge in [-0.3, -0.25) is 4.79 Å². The fourth-order valence-electron chi connectivity index (χ4n) is 2.62. The molecule has 3 atom stereocenters. The van der Waals surface area contributed by atoms with E-state index in [1.54, 1.807) is 13.0 Å². The van der Waals surface area contributed by atoms with Crippen molar-refractivity contribution < 1.29 is 9.90 Å². The van der Waals surface area contributed by atoms with Crippen LogP contribution in [0.4, 0.5) is 0 Å². The van der Waals surface area contributed by atoms with E-state index in [0.717, 1.165) is 12.8 Å². The van der Waals surface area contributed by atoms with Crippen molar-refractivity contribution in [1.29, 1.82) is 0 Å². The SMILES string of the molecule is CC(=O)/C=C/C1C(C)(C)CCC(I)C1(C)O. The summed E-state index contributed by atoms with van der Waals surface area (Å²) < 4.78 is 0.250. The number of hydrogen-bond donors (Lipinski definition) is 1. The molecule has 0 spiro atoms. The van der Waals surface area contributed by atoms with E-state index in [9.17, 15) is 9.90 Å². The van der Waals surface area contributed by atoms with Crippen molar-refractivity contribution in [3.63, 3.8) is 0 Å². The number of aliphatic hydroxyl groups is 1. The lowest BCUT2D eigenvalue weighted by Gasteiger charge is -2.49. The first-order valence-electron chi connectivity index (χ1n) is 5.73. The molecule has 0 saturated heterocycles. The predicted molar refractivity (Wildman–Crippen MR) is 74.8 cm³/mol. The lowest BCUT2D eigenvalue weighted by atomic mass is 9.62. The highest BCUT2D eigenvalue weighted by Gasteiger charge is 2.48. The molecule has 1 N–H and O–H groups in total. The highest BCUT2D eigenvalue weighted by molar-refractivity contribution is 14.1. The summed E-state index contributed by atoms with van der Waals surface area (Å²) in [5.74, 6) is 0.0849. The summed E-state index contributed by atoms with van der Waals surface area (Å²) in [6.07, 6.45) is 5.61. The molecule has 3 unspecified atom stereocenters. The Morgan fingerprint density at radius 1 is 1.44 bits per heavy atom. The van der Waals surface area contributed by atoms with E-state index in [4.69, 9.17) is 0 Å². The molecule has 1 fully saturated rings. The molecule has 0 aromatic carbocycles. The number of alkyl halides is 1. The fraction of sp³-hybridized carbons (Fsp3) is 0.769. The average Bonchev–Trinajstić information content (AvgIpc) is 2.11. The summed E-state index contributed by atoms with van der Waals surface area (Å²) in [4.78, 5) is 11.0. The largest absolute Gasteiger partial charge is 0.388 e. The number of rotatable bonds is 2. The van der Waals surface area contributed by atoms with Gasteiger partial charge in [0.1, 0.15) is 0 Å². The third-order valence-corrected chi connectivity index (χ3v) is 5.55. The fourth-order valence-corrected chi connectivity index (χ4v) is 3.32. The van der Waals surface area contributed by atoms with Crippen LogP contribution in [-0.2, 0) is 4.79 Å². The first-order valence-corrected chi connectivity index (χ1v) is 6.97. The van der Waals surface area contributed by atoms with Crippen LogP contribution in [-0.4, -0.2) is 20.4 Å². The minimum absolute atomic E-state index is 0.0413. The molecule has 0 aliphatic heterocycles. The van der Waals surface area contributed by atoms with Crippen molar-refractivity contribution in [3.8, 4) is 0 Å². The third kappa shape index (κ3) is 2.86. The summed E-state index contributed by atoms with van der Waals surface area (Å²) >= 11 is 2.32. The molecule has 3 heteroatoms. The molecular weight excluding hydrogens is 315 g/mol. The van der Waals surface area contributed by atoms with E-state index in [1.165, 1.54) is 0 Å². The van der Waals surface area contributed by atoms with Crippen molar-refractivity contribution >= 4 is 28.4 Å². The Morgan fingerprint density at radius 3 is 2.50 bits per heavy atom. The summed E-state index contributed by atoms with van der Waals surface area (Å²) in [5.41, 5.74) is -0.675. The number of hydrogen-bond acceptors (Lipinski definition) is 2. The van der Waals surface area contributed by atoms with Gasteiger partial charge in [-0.1, -0.05) is 42.5 Å². The van der Waals surface area contributed by atoms with Gasteiger partial charge in [0.25, 0.3) is 0 Å². The molecule has 1 rings (SSSR count). The van der Waals surface area contributed by atoms with Crippen molar-refractivity contribution in [2.45, 2.75) is 50.1 Å². The maximum atomic E-state index is 11.0. The van der Waals surface area contributed by atoms with Crippen molar-refractivity contribution in [3.05, 3.63) is 12.2 Å². The monoisotopic (exact) mass is 336 g/mol. The van der Waals surface area contributed by atoms with Gasteiger partial charge >= 0.3 is 0 Å². The van der Waals surface area contributed by atoms with E-state index in [-0.39, 0.29) is 21.0 Å². The van der Waals surface area contributed by atoms with Gasteiger partial charge in [-0.2, -0.15) is 0 Å². The molecule has 1 saturated carbocycles. The Morgan fingerprint density at radius 2 is 2.00 bits per heavy atom. The molecule has 1 aliphatic rings. The van der Waals surface area contributed by atoms with Crippen LogP contribution >= 0.6 is 22.6 Å². The second-order valence-corrected chi connectivity index (χ2v) is 7.17. The van der Waals surface area contributed by atoms with E-state index in [1.807, 2.05) is 13.0 Å². The van der Waals surface area contributed by atoms with Crippen LogP contribution in [0.1, 0.15) is 40.5 Å². The number of halogens is 1. The zero-order valence-corrected chi connectivity index (χ0v) is 12.6. The van der Waals surface area contributed by atoms with E-state index in [0.29, 0.717) is 0 Å². The van der Waals surface area contributed by atoms with E-state index in [2.05, 4.69) is 36.4 Å². The second-order valence-electron chi connectivity index (χ2n) is 5.67. The predicted octanol–water partition coefficient (Wildman–Crippen LogP) is 3.12. The van der Waals surface area contributed by atoms with Crippen LogP contribution in [0, 0.1) is 11.3 Å².